The largest absolute Gasteiger partial charge is 0.399 e. The smallest absolute Gasteiger partial charge is 0.184 e. The van der Waals surface area contributed by atoms with Crippen molar-refractivity contribution < 1.29 is 24.1 Å². The van der Waals surface area contributed by atoms with Crippen LogP contribution in [0.15, 0.2) is 24.3 Å². The van der Waals surface area contributed by atoms with E-state index >= 15 is 0 Å². The molecule has 0 radical (unpaired) electrons. The average molecular weight is 323 g/mol. The number of aliphatic hydroxyl groups excluding tert-OH is 1. The molecule has 6 nitrogen and oxygen atoms in total. The molecule has 3 N–H and O–H groups in total. The first-order valence-electron chi connectivity index (χ1n) is 8.10. The molecular formula is C17H25NO5. The minimum atomic E-state index is -1.05. The normalized spacial score (nSPS) is 31.5. The molecule has 6 heteroatoms. The Morgan fingerprint density at radius 2 is 2.04 bits per heavy atom. The molecule has 1 aromatic carbocycles. The second-order valence-electron chi connectivity index (χ2n) is 6.56. The van der Waals surface area contributed by atoms with Crippen LogP contribution < -0.4 is 5.73 Å². The van der Waals surface area contributed by atoms with Crippen molar-refractivity contribution in [1.82, 2.24) is 0 Å². The Hall–Kier alpha value is -1.18. The second kappa shape index (κ2) is 7.15. The molecule has 0 aliphatic carbocycles. The number of rotatable bonds is 6. The summed E-state index contributed by atoms with van der Waals surface area (Å²) >= 11 is 0. The molecular weight excluding hydrogens is 298 g/mol. The predicted octanol–water partition coefficient (Wildman–Crippen LogP) is 1.83. The van der Waals surface area contributed by atoms with Crippen LogP contribution in [0.2, 0.25) is 0 Å². The highest BCUT2D eigenvalue weighted by atomic mass is 16.7. The average Bonchev–Trinajstić information content (AvgIpc) is 3.06. The molecule has 1 aromatic rings. The Labute approximate surface area is 136 Å². The first-order valence-corrected chi connectivity index (χ1v) is 8.10. The van der Waals surface area contributed by atoms with Crippen LogP contribution in [0, 0.1) is 5.92 Å². The molecule has 0 spiro atoms. The van der Waals surface area contributed by atoms with Crippen molar-refractivity contribution in [3.8, 4) is 0 Å². The van der Waals surface area contributed by atoms with Crippen LogP contribution >= 0.6 is 0 Å². The molecule has 23 heavy (non-hydrogen) atoms. The maximum Gasteiger partial charge on any atom is 0.184 e. The number of fused-ring (bicyclic) bond motifs is 1. The van der Waals surface area contributed by atoms with Gasteiger partial charge >= 0.3 is 0 Å². The van der Waals surface area contributed by atoms with Crippen LogP contribution in [0.5, 0.6) is 0 Å². The molecule has 2 heterocycles. The van der Waals surface area contributed by atoms with Gasteiger partial charge in [-0.25, -0.2) is 0 Å². The highest BCUT2D eigenvalue weighted by molar-refractivity contribution is 5.39. The summed E-state index contributed by atoms with van der Waals surface area (Å²) in [4.78, 5) is 0. The number of nitrogen functional groups attached to an aromatic ring is 1. The van der Waals surface area contributed by atoms with Crippen LogP contribution in [0.25, 0.3) is 0 Å². The van der Waals surface area contributed by atoms with Crippen molar-refractivity contribution in [1.29, 1.82) is 0 Å². The molecule has 2 aliphatic heterocycles. The number of anilines is 1. The Kier molecular flexibility index (Phi) is 5.18. The van der Waals surface area contributed by atoms with Crippen LogP contribution in [0.1, 0.15) is 32.1 Å². The van der Waals surface area contributed by atoms with Crippen LogP contribution in [-0.2, 0) is 18.9 Å². The maximum absolute atomic E-state index is 10.2. The second-order valence-corrected chi connectivity index (χ2v) is 6.56. The Bertz CT molecular complexity index is 506. The van der Waals surface area contributed by atoms with Gasteiger partial charge in [-0.15, -0.1) is 0 Å². The van der Waals surface area contributed by atoms with E-state index in [1.165, 1.54) is 0 Å². The van der Waals surface area contributed by atoms with Crippen molar-refractivity contribution in [2.24, 2.45) is 5.92 Å². The van der Waals surface area contributed by atoms with Crippen LogP contribution in [0.4, 0.5) is 5.69 Å². The molecule has 0 aromatic heterocycles. The minimum absolute atomic E-state index is 0.0317. The number of hydrogen-bond acceptors (Lipinski definition) is 6. The van der Waals surface area contributed by atoms with E-state index in [1.54, 1.807) is 24.3 Å². The number of ether oxygens (including phenoxy) is 4. The van der Waals surface area contributed by atoms with E-state index in [4.69, 9.17) is 24.7 Å². The van der Waals surface area contributed by atoms with Gasteiger partial charge in [-0.1, -0.05) is 26.0 Å². The Morgan fingerprint density at radius 3 is 2.74 bits per heavy atom. The molecule has 0 saturated carbocycles. The molecule has 2 saturated heterocycles. The predicted molar refractivity (Wildman–Crippen MR) is 84.5 cm³/mol. The van der Waals surface area contributed by atoms with E-state index in [0.717, 1.165) is 0 Å². The van der Waals surface area contributed by atoms with Crippen molar-refractivity contribution in [3.63, 3.8) is 0 Å². The molecule has 2 aliphatic rings. The molecule has 5 atom stereocenters. The summed E-state index contributed by atoms with van der Waals surface area (Å²) in [7, 11) is 0. The molecule has 0 amide bonds. The zero-order valence-corrected chi connectivity index (χ0v) is 13.6. The fourth-order valence-corrected chi connectivity index (χ4v) is 2.88. The highest BCUT2D eigenvalue weighted by Crippen LogP contribution is 2.34. The number of hydrogen-bond donors (Lipinski definition) is 2. The monoisotopic (exact) mass is 323 g/mol. The third-order valence-corrected chi connectivity index (χ3v) is 4.09. The van der Waals surface area contributed by atoms with Gasteiger partial charge < -0.3 is 29.8 Å². The van der Waals surface area contributed by atoms with Gasteiger partial charge in [-0.05, 0) is 18.1 Å². The standard InChI is InChI=1S/C17H25NO5/c1-10(2)8-20-14-9-21-13-7-15(22-16(13)14)23-17(19)11-3-5-12(18)6-4-11/h3-6,10,13-17,19H,7-9,18H2,1-2H3/t13?,14?,15?,16-,17?/m0/s1. The van der Waals surface area contributed by atoms with Gasteiger partial charge in [0, 0.05) is 24.3 Å². The molecule has 4 unspecified atom stereocenters. The van der Waals surface area contributed by atoms with Gasteiger partial charge in [0.15, 0.2) is 12.6 Å². The minimum Gasteiger partial charge on any atom is -0.399 e. The topological polar surface area (TPSA) is 83.2 Å². The highest BCUT2D eigenvalue weighted by Gasteiger charge is 2.47. The van der Waals surface area contributed by atoms with E-state index in [0.29, 0.717) is 36.8 Å². The number of nitrogens with two attached hydrogens (primary N) is 1. The first-order chi connectivity index (χ1) is 11.0. The molecule has 2 fully saturated rings. The molecule has 3 rings (SSSR count). The van der Waals surface area contributed by atoms with Gasteiger partial charge in [0.25, 0.3) is 0 Å². The van der Waals surface area contributed by atoms with Gasteiger partial charge in [0.1, 0.15) is 12.2 Å². The summed E-state index contributed by atoms with van der Waals surface area (Å²) in [5.74, 6) is 0.467. The molecule has 0 bridgehead atoms. The number of aliphatic hydroxyl groups is 1. The van der Waals surface area contributed by atoms with Crippen molar-refractivity contribution in [3.05, 3.63) is 29.8 Å². The van der Waals surface area contributed by atoms with Crippen molar-refractivity contribution in [2.45, 2.75) is 51.2 Å². The van der Waals surface area contributed by atoms with E-state index in [1.807, 2.05) is 0 Å². The molecule has 128 valence electrons. The van der Waals surface area contributed by atoms with Crippen molar-refractivity contribution >= 4 is 5.69 Å². The summed E-state index contributed by atoms with van der Waals surface area (Å²) in [5.41, 5.74) is 6.93. The lowest BCUT2D eigenvalue weighted by Gasteiger charge is -2.21. The van der Waals surface area contributed by atoms with Gasteiger partial charge in [0.2, 0.25) is 0 Å². The lowest BCUT2D eigenvalue weighted by atomic mass is 10.1. The fraction of sp³-hybridized carbons (Fsp3) is 0.647. The first kappa shape index (κ1) is 16.7. The Balaban J connectivity index is 1.52. The lowest BCUT2D eigenvalue weighted by molar-refractivity contribution is -0.234. The van der Waals surface area contributed by atoms with E-state index in [2.05, 4.69) is 13.8 Å². The van der Waals surface area contributed by atoms with Gasteiger partial charge in [-0.3, -0.25) is 0 Å². The third kappa shape index (κ3) is 4.02. The SMILES string of the molecule is CC(C)COC1COC2CC(OC(O)c3ccc(N)cc3)O[C@H]12. The summed E-state index contributed by atoms with van der Waals surface area (Å²) in [6.45, 7) is 5.45. The van der Waals surface area contributed by atoms with Crippen molar-refractivity contribution in [2.75, 3.05) is 18.9 Å². The summed E-state index contributed by atoms with van der Waals surface area (Å²) in [6, 6.07) is 6.93. The lowest BCUT2D eigenvalue weighted by Crippen LogP contribution is -2.32. The fourth-order valence-electron chi connectivity index (χ4n) is 2.88. The van der Waals surface area contributed by atoms with Gasteiger partial charge in [-0.2, -0.15) is 0 Å². The zero-order chi connectivity index (χ0) is 16.4. The van der Waals surface area contributed by atoms with E-state index in [9.17, 15) is 5.11 Å². The summed E-state index contributed by atoms with van der Waals surface area (Å²) in [6.07, 6.45) is -1.17. The summed E-state index contributed by atoms with van der Waals surface area (Å²) < 4.78 is 23.1. The zero-order valence-electron chi connectivity index (χ0n) is 13.6. The maximum atomic E-state index is 10.2. The Morgan fingerprint density at radius 1 is 1.30 bits per heavy atom. The number of benzene rings is 1. The van der Waals surface area contributed by atoms with Crippen LogP contribution in [0.3, 0.4) is 0 Å². The van der Waals surface area contributed by atoms with E-state index in [-0.39, 0.29) is 18.3 Å². The van der Waals surface area contributed by atoms with Crippen LogP contribution in [-0.4, -0.2) is 42.9 Å². The van der Waals surface area contributed by atoms with Gasteiger partial charge in [0.05, 0.1) is 12.7 Å². The third-order valence-electron chi connectivity index (χ3n) is 4.09. The quantitative estimate of drug-likeness (QED) is 0.614. The van der Waals surface area contributed by atoms with E-state index < -0.39 is 12.6 Å². The summed E-state index contributed by atoms with van der Waals surface area (Å²) in [5, 5.41) is 10.2.